The van der Waals surface area contributed by atoms with Crippen molar-refractivity contribution in [3.63, 3.8) is 0 Å². The molecule has 0 saturated heterocycles. The molecule has 0 spiro atoms. The van der Waals surface area contributed by atoms with Crippen LogP contribution in [0.3, 0.4) is 0 Å². The number of rotatable bonds is 4. The number of nitrogens with one attached hydrogen (secondary N) is 1. The summed E-state index contributed by atoms with van der Waals surface area (Å²) < 4.78 is 7.64. The van der Waals surface area contributed by atoms with Crippen LogP contribution in [0.25, 0.3) is 22.6 Å². The standard InChI is InChI=1S/C26H20Cl2N2O2/c1-15-10-23-19(13-24(15)32-2)20(25(28)30(23)14-16-6-4-3-5-7-16)12-21-18-11-17(27)8-9-22(18)29-26(21)31/h3-13H,14H2,1-2H3,(H,29,31)/b21-12+. The monoisotopic (exact) mass is 462 g/mol. The molecule has 0 bridgehead atoms. The fourth-order valence-electron chi connectivity index (χ4n) is 4.20. The van der Waals surface area contributed by atoms with Gasteiger partial charge in [-0.25, -0.2) is 0 Å². The van der Waals surface area contributed by atoms with E-state index in [1.807, 2.05) is 43.3 Å². The maximum atomic E-state index is 12.8. The van der Waals surface area contributed by atoms with Gasteiger partial charge < -0.3 is 14.6 Å². The number of aryl methyl sites for hydroxylation is 1. The van der Waals surface area contributed by atoms with Gasteiger partial charge in [0.25, 0.3) is 5.91 Å². The van der Waals surface area contributed by atoms with Gasteiger partial charge >= 0.3 is 0 Å². The van der Waals surface area contributed by atoms with Gasteiger partial charge in [-0.15, -0.1) is 0 Å². The van der Waals surface area contributed by atoms with Crippen LogP contribution in [0.4, 0.5) is 5.69 Å². The third-order valence-electron chi connectivity index (χ3n) is 5.79. The first-order valence-electron chi connectivity index (χ1n) is 10.2. The first-order valence-corrected chi connectivity index (χ1v) is 10.9. The van der Waals surface area contributed by atoms with Crippen molar-refractivity contribution in [2.75, 3.05) is 12.4 Å². The molecular weight excluding hydrogens is 443 g/mol. The van der Waals surface area contributed by atoms with E-state index in [4.69, 9.17) is 27.9 Å². The van der Waals surface area contributed by atoms with Gasteiger partial charge in [-0.1, -0.05) is 53.5 Å². The Kier molecular flexibility index (Phi) is 5.20. The summed E-state index contributed by atoms with van der Waals surface area (Å²) in [6.07, 6.45) is 1.85. The largest absolute Gasteiger partial charge is 0.496 e. The Morgan fingerprint density at radius 2 is 1.84 bits per heavy atom. The molecule has 4 nitrogen and oxygen atoms in total. The third-order valence-corrected chi connectivity index (χ3v) is 6.43. The summed E-state index contributed by atoms with van der Waals surface area (Å²) in [6, 6.07) is 19.6. The highest BCUT2D eigenvalue weighted by Gasteiger charge is 2.26. The molecule has 0 atom stereocenters. The Bertz CT molecular complexity index is 1400. The number of fused-ring (bicyclic) bond motifs is 2. The maximum Gasteiger partial charge on any atom is 0.256 e. The van der Waals surface area contributed by atoms with Crippen molar-refractivity contribution in [2.24, 2.45) is 0 Å². The number of benzene rings is 3. The van der Waals surface area contributed by atoms with Gasteiger partial charge in [0.05, 0.1) is 12.6 Å². The molecule has 32 heavy (non-hydrogen) atoms. The van der Waals surface area contributed by atoms with Crippen molar-refractivity contribution in [1.82, 2.24) is 4.57 Å². The number of halogens is 2. The van der Waals surface area contributed by atoms with E-state index in [9.17, 15) is 4.79 Å². The molecule has 0 radical (unpaired) electrons. The fourth-order valence-corrected chi connectivity index (χ4v) is 4.68. The van der Waals surface area contributed by atoms with Gasteiger partial charge in [-0.05, 0) is 54.5 Å². The lowest BCUT2D eigenvalue weighted by Gasteiger charge is -2.09. The number of aromatic nitrogens is 1. The number of amides is 1. The molecule has 0 fully saturated rings. The zero-order valence-electron chi connectivity index (χ0n) is 17.6. The second-order valence-electron chi connectivity index (χ2n) is 7.82. The number of hydrogen-bond donors (Lipinski definition) is 1. The number of nitrogens with zero attached hydrogens (tertiary/aromatic N) is 1. The topological polar surface area (TPSA) is 43.3 Å². The summed E-state index contributed by atoms with van der Waals surface area (Å²) in [5.41, 5.74) is 5.93. The van der Waals surface area contributed by atoms with E-state index < -0.39 is 0 Å². The number of ether oxygens (including phenoxy) is 1. The lowest BCUT2D eigenvalue weighted by molar-refractivity contribution is -0.110. The Morgan fingerprint density at radius 3 is 2.59 bits per heavy atom. The van der Waals surface area contributed by atoms with Gasteiger partial charge in [0.1, 0.15) is 10.9 Å². The SMILES string of the molecule is COc1cc2c(/C=C3/C(=O)Nc4ccc(Cl)cc43)c(Cl)n(Cc3ccccc3)c2cc1C. The third kappa shape index (κ3) is 3.46. The quantitative estimate of drug-likeness (QED) is 0.338. The summed E-state index contributed by atoms with van der Waals surface area (Å²) in [5.74, 6) is 0.589. The second-order valence-corrected chi connectivity index (χ2v) is 8.61. The number of carbonyl (C=O) groups is 1. The van der Waals surface area contributed by atoms with Crippen LogP contribution in [-0.4, -0.2) is 17.6 Å². The van der Waals surface area contributed by atoms with Crippen LogP contribution in [0.2, 0.25) is 10.2 Å². The van der Waals surface area contributed by atoms with Crippen LogP contribution in [0, 0.1) is 6.92 Å². The minimum absolute atomic E-state index is 0.179. The van der Waals surface area contributed by atoms with E-state index in [1.165, 1.54) is 0 Å². The van der Waals surface area contributed by atoms with E-state index in [-0.39, 0.29) is 5.91 Å². The lowest BCUT2D eigenvalue weighted by Crippen LogP contribution is -2.03. The molecular formula is C26H20Cl2N2O2. The van der Waals surface area contributed by atoms with Crippen molar-refractivity contribution in [3.05, 3.63) is 93.1 Å². The Morgan fingerprint density at radius 1 is 1.06 bits per heavy atom. The van der Waals surface area contributed by atoms with Crippen LogP contribution < -0.4 is 10.1 Å². The molecule has 0 aliphatic carbocycles. The summed E-state index contributed by atoms with van der Waals surface area (Å²) in [7, 11) is 1.65. The molecule has 1 amide bonds. The predicted molar refractivity (Wildman–Crippen MR) is 132 cm³/mol. The van der Waals surface area contributed by atoms with Gasteiger partial charge in [0, 0.05) is 39.3 Å². The van der Waals surface area contributed by atoms with Crippen LogP contribution in [0.5, 0.6) is 5.75 Å². The summed E-state index contributed by atoms with van der Waals surface area (Å²) in [6.45, 7) is 2.62. The molecule has 1 aliphatic rings. The first kappa shape index (κ1) is 20.7. The number of methoxy groups -OCH3 is 1. The van der Waals surface area contributed by atoms with Crippen molar-refractivity contribution >= 4 is 57.3 Å². The van der Waals surface area contributed by atoms with Gasteiger partial charge in [-0.3, -0.25) is 4.79 Å². The smallest absolute Gasteiger partial charge is 0.256 e. The predicted octanol–water partition coefficient (Wildman–Crippen LogP) is 6.81. The van der Waals surface area contributed by atoms with Crippen LogP contribution in [0.1, 0.15) is 22.3 Å². The highest BCUT2D eigenvalue weighted by molar-refractivity contribution is 6.39. The minimum atomic E-state index is -0.179. The fraction of sp³-hybridized carbons (Fsp3) is 0.115. The molecule has 0 unspecified atom stereocenters. The molecule has 4 aromatic rings. The Balaban J connectivity index is 1.75. The zero-order chi connectivity index (χ0) is 22.4. The van der Waals surface area contributed by atoms with E-state index >= 15 is 0 Å². The number of hydrogen-bond acceptors (Lipinski definition) is 2. The van der Waals surface area contributed by atoms with Crippen molar-refractivity contribution in [3.8, 4) is 5.75 Å². The average Bonchev–Trinajstić information content (AvgIpc) is 3.22. The molecule has 160 valence electrons. The second kappa shape index (κ2) is 8.05. The number of anilines is 1. The minimum Gasteiger partial charge on any atom is -0.496 e. The van der Waals surface area contributed by atoms with Crippen LogP contribution in [0.15, 0.2) is 60.7 Å². The molecule has 6 heteroatoms. The van der Waals surface area contributed by atoms with Gasteiger partial charge in [0.15, 0.2) is 0 Å². The average molecular weight is 463 g/mol. The molecule has 1 N–H and O–H groups in total. The van der Waals surface area contributed by atoms with E-state index in [1.54, 1.807) is 19.2 Å². The number of carbonyl (C=O) groups excluding carboxylic acids is 1. The summed E-state index contributed by atoms with van der Waals surface area (Å²) in [5, 5.41) is 4.95. The Hall–Kier alpha value is -3.21. The van der Waals surface area contributed by atoms with Crippen LogP contribution in [-0.2, 0) is 11.3 Å². The van der Waals surface area contributed by atoms with E-state index in [0.717, 1.165) is 44.6 Å². The normalized spacial score (nSPS) is 14.1. The van der Waals surface area contributed by atoms with Crippen molar-refractivity contribution in [2.45, 2.75) is 13.5 Å². The summed E-state index contributed by atoms with van der Waals surface area (Å²) in [4.78, 5) is 12.8. The van der Waals surface area contributed by atoms with Gasteiger partial charge in [-0.2, -0.15) is 0 Å². The van der Waals surface area contributed by atoms with E-state index in [2.05, 4.69) is 28.1 Å². The molecule has 3 aromatic carbocycles. The first-order chi connectivity index (χ1) is 15.5. The molecule has 1 aliphatic heterocycles. The van der Waals surface area contributed by atoms with Crippen molar-refractivity contribution < 1.29 is 9.53 Å². The maximum absolute atomic E-state index is 12.8. The van der Waals surface area contributed by atoms with E-state index in [0.29, 0.717) is 22.3 Å². The zero-order valence-corrected chi connectivity index (χ0v) is 19.1. The lowest BCUT2D eigenvalue weighted by atomic mass is 10.0. The molecule has 2 heterocycles. The Labute approximate surface area is 196 Å². The van der Waals surface area contributed by atoms with Gasteiger partial charge in [0.2, 0.25) is 0 Å². The highest BCUT2D eigenvalue weighted by Crippen LogP contribution is 2.40. The highest BCUT2D eigenvalue weighted by atomic mass is 35.5. The molecule has 0 saturated carbocycles. The molecule has 1 aromatic heterocycles. The van der Waals surface area contributed by atoms with Crippen LogP contribution >= 0.6 is 23.2 Å². The van der Waals surface area contributed by atoms with Crippen molar-refractivity contribution in [1.29, 1.82) is 0 Å². The summed E-state index contributed by atoms with van der Waals surface area (Å²) >= 11 is 13.2. The molecule has 5 rings (SSSR count).